The Bertz CT molecular complexity index is 522. The third-order valence-electron chi connectivity index (χ3n) is 2.62. The smallest absolute Gasteiger partial charge is 0.276 e. The minimum Gasteiger partial charge on any atom is -0.378 e. The molecule has 0 radical (unpaired) electrons. The van der Waals surface area contributed by atoms with E-state index in [2.05, 4.69) is 20.4 Å². The van der Waals surface area contributed by atoms with Crippen LogP contribution in [0.15, 0.2) is 22.9 Å². The molecule has 6 nitrogen and oxygen atoms in total. The molecule has 3 rings (SSSR count). The van der Waals surface area contributed by atoms with E-state index in [0.29, 0.717) is 24.7 Å². The summed E-state index contributed by atoms with van der Waals surface area (Å²) in [5.74, 6) is 0.397. The highest BCUT2D eigenvalue weighted by molar-refractivity contribution is 5.45. The van der Waals surface area contributed by atoms with E-state index in [1.54, 1.807) is 0 Å². The van der Waals surface area contributed by atoms with Crippen LogP contribution in [0.2, 0.25) is 0 Å². The maximum atomic E-state index is 12.7. The van der Waals surface area contributed by atoms with E-state index < -0.39 is 5.82 Å². The molecule has 3 heterocycles. The van der Waals surface area contributed by atoms with Crippen molar-refractivity contribution in [2.75, 3.05) is 19.8 Å². The number of pyridine rings is 1. The van der Waals surface area contributed by atoms with Gasteiger partial charge in [-0.05, 0) is 12.1 Å². The van der Waals surface area contributed by atoms with Gasteiger partial charge in [-0.15, -0.1) is 0 Å². The van der Waals surface area contributed by atoms with Crippen LogP contribution in [0.1, 0.15) is 11.9 Å². The Morgan fingerprint density at radius 3 is 3.06 bits per heavy atom. The topological polar surface area (TPSA) is 73.1 Å². The molecule has 2 aromatic heterocycles. The maximum absolute atomic E-state index is 12.7. The molecule has 1 fully saturated rings. The Morgan fingerprint density at radius 1 is 1.39 bits per heavy atom. The molecule has 1 unspecified atom stereocenters. The summed E-state index contributed by atoms with van der Waals surface area (Å²) in [6.45, 7) is 1.94. The van der Waals surface area contributed by atoms with Crippen molar-refractivity contribution in [3.8, 4) is 11.6 Å². The van der Waals surface area contributed by atoms with Gasteiger partial charge in [0.25, 0.3) is 5.89 Å². The van der Waals surface area contributed by atoms with Gasteiger partial charge in [0.1, 0.15) is 11.5 Å². The van der Waals surface area contributed by atoms with Gasteiger partial charge in [-0.3, -0.25) is 0 Å². The Balaban J connectivity index is 1.82. The van der Waals surface area contributed by atoms with Crippen molar-refractivity contribution in [3.05, 3.63) is 30.0 Å². The number of hydrogen-bond acceptors (Lipinski definition) is 6. The standard InChI is InChI=1S/C11H11FN4O2/c12-7-1-2-8(14-5-7)11-15-10(16-18-11)9-6-17-4-3-13-9/h1-2,5,9,13H,3-4,6H2. The predicted octanol–water partition coefficient (Wildman–Crippen LogP) is 0.932. The number of nitrogens with one attached hydrogen (secondary N) is 1. The number of morpholine rings is 1. The molecule has 18 heavy (non-hydrogen) atoms. The fraction of sp³-hybridized carbons (Fsp3) is 0.364. The van der Waals surface area contributed by atoms with Crippen LogP contribution in [0.3, 0.4) is 0 Å². The summed E-state index contributed by atoms with van der Waals surface area (Å²) in [7, 11) is 0. The van der Waals surface area contributed by atoms with Gasteiger partial charge in [0, 0.05) is 6.54 Å². The quantitative estimate of drug-likeness (QED) is 0.854. The molecule has 1 aliphatic heterocycles. The molecule has 94 valence electrons. The first kappa shape index (κ1) is 11.2. The summed E-state index contributed by atoms with van der Waals surface area (Å²) in [6, 6.07) is 2.72. The maximum Gasteiger partial charge on any atom is 0.276 e. The van der Waals surface area contributed by atoms with E-state index in [9.17, 15) is 4.39 Å². The number of rotatable bonds is 2. The van der Waals surface area contributed by atoms with E-state index in [1.165, 1.54) is 12.1 Å². The van der Waals surface area contributed by atoms with Crippen LogP contribution in [0.5, 0.6) is 0 Å². The van der Waals surface area contributed by atoms with Crippen molar-refractivity contribution >= 4 is 0 Å². The summed E-state index contributed by atoms with van der Waals surface area (Å²) >= 11 is 0. The van der Waals surface area contributed by atoms with Crippen molar-refractivity contribution < 1.29 is 13.7 Å². The number of aromatic nitrogens is 3. The lowest BCUT2D eigenvalue weighted by Crippen LogP contribution is -2.35. The zero-order chi connectivity index (χ0) is 12.4. The van der Waals surface area contributed by atoms with Crippen molar-refractivity contribution in [2.24, 2.45) is 0 Å². The highest BCUT2D eigenvalue weighted by Crippen LogP contribution is 2.18. The molecule has 1 aliphatic rings. The highest BCUT2D eigenvalue weighted by atomic mass is 19.1. The molecule has 0 aromatic carbocycles. The van der Waals surface area contributed by atoms with Crippen LogP contribution in [-0.4, -0.2) is 34.9 Å². The van der Waals surface area contributed by atoms with Gasteiger partial charge in [-0.1, -0.05) is 5.16 Å². The molecule has 0 spiro atoms. The zero-order valence-electron chi connectivity index (χ0n) is 9.47. The van der Waals surface area contributed by atoms with Crippen molar-refractivity contribution in [1.29, 1.82) is 0 Å². The van der Waals surface area contributed by atoms with Gasteiger partial charge in [-0.25, -0.2) is 9.37 Å². The number of halogens is 1. The molecule has 7 heteroatoms. The summed E-state index contributed by atoms with van der Waals surface area (Å²) in [4.78, 5) is 8.11. The SMILES string of the molecule is Fc1ccc(-c2nc(C3COCCN3)no2)nc1. The number of nitrogens with zero attached hydrogens (tertiary/aromatic N) is 3. The summed E-state index contributed by atoms with van der Waals surface area (Å²) < 4.78 is 23.2. The molecule has 2 aromatic rings. The van der Waals surface area contributed by atoms with Gasteiger partial charge < -0.3 is 14.6 Å². The average molecular weight is 250 g/mol. The first-order valence-electron chi connectivity index (χ1n) is 5.59. The predicted molar refractivity (Wildman–Crippen MR) is 59.0 cm³/mol. The first-order valence-corrected chi connectivity index (χ1v) is 5.59. The molecule has 0 bridgehead atoms. The Hall–Kier alpha value is -1.86. The largest absolute Gasteiger partial charge is 0.378 e. The first-order chi connectivity index (χ1) is 8.83. The Labute approximate surface area is 102 Å². The fourth-order valence-corrected chi connectivity index (χ4v) is 1.71. The molecule has 1 atom stereocenters. The van der Waals surface area contributed by atoms with Crippen LogP contribution in [0, 0.1) is 5.82 Å². The van der Waals surface area contributed by atoms with E-state index in [1.807, 2.05) is 0 Å². The monoisotopic (exact) mass is 250 g/mol. The minimum absolute atomic E-state index is 0.0725. The van der Waals surface area contributed by atoms with Crippen LogP contribution in [0.4, 0.5) is 4.39 Å². The lowest BCUT2D eigenvalue weighted by Gasteiger charge is -2.20. The molecule has 1 saturated heterocycles. The second kappa shape index (κ2) is 4.79. The van der Waals surface area contributed by atoms with E-state index >= 15 is 0 Å². The zero-order valence-corrected chi connectivity index (χ0v) is 9.47. The van der Waals surface area contributed by atoms with Gasteiger partial charge >= 0.3 is 0 Å². The molecule has 1 N–H and O–H groups in total. The van der Waals surface area contributed by atoms with Crippen LogP contribution in [-0.2, 0) is 4.74 Å². The van der Waals surface area contributed by atoms with E-state index in [0.717, 1.165) is 12.7 Å². The van der Waals surface area contributed by atoms with Crippen molar-refractivity contribution in [3.63, 3.8) is 0 Å². The molecule has 0 amide bonds. The van der Waals surface area contributed by atoms with Gasteiger partial charge in [0.05, 0.1) is 25.5 Å². The molecular formula is C11H11FN4O2. The number of hydrogen-bond donors (Lipinski definition) is 1. The van der Waals surface area contributed by atoms with Crippen molar-refractivity contribution in [2.45, 2.75) is 6.04 Å². The molecular weight excluding hydrogens is 239 g/mol. The van der Waals surface area contributed by atoms with Gasteiger partial charge in [0.15, 0.2) is 5.82 Å². The highest BCUT2D eigenvalue weighted by Gasteiger charge is 2.21. The molecule has 0 saturated carbocycles. The van der Waals surface area contributed by atoms with Gasteiger partial charge in [-0.2, -0.15) is 4.98 Å². The third kappa shape index (κ3) is 2.22. The van der Waals surface area contributed by atoms with E-state index in [-0.39, 0.29) is 11.9 Å². The lowest BCUT2D eigenvalue weighted by atomic mass is 10.2. The second-order valence-electron chi connectivity index (χ2n) is 3.90. The van der Waals surface area contributed by atoms with E-state index in [4.69, 9.17) is 9.26 Å². The lowest BCUT2D eigenvalue weighted by molar-refractivity contribution is 0.0734. The van der Waals surface area contributed by atoms with Crippen LogP contribution in [0.25, 0.3) is 11.6 Å². The average Bonchev–Trinajstić information content (AvgIpc) is 2.90. The summed E-state index contributed by atoms with van der Waals surface area (Å²) in [6.07, 6.45) is 1.11. The second-order valence-corrected chi connectivity index (χ2v) is 3.90. The minimum atomic E-state index is -0.402. The van der Waals surface area contributed by atoms with Crippen LogP contribution < -0.4 is 5.32 Å². The van der Waals surface area contributed by atoms with Gasteiger partial charge in [0.2, 0.25) is 0 Å². The fourth-order valence-electron chi connectivity index (χ4n) is 1.71. The Morgan fingerprint density at radius 2 is 2.33 bits per heavy atom. The summed E-state index contributed by atoms with van der Waals surface area (Å²) in [5.41, 5.74) is 0.451. The molecule has 0 aliphatic carbocycles. The van der Waals surface area contributed by atoms with Crippen molar-refractivity contribution in [1.82, 2.24) is 20.4 Å². The normalized spacial score (nSPS) is 19.9. The van der Waals surface area contributed by atoms with Crippen LogP contribution >= 0.6 is 0 Å². The third-order valence-corrected chi connectivity index (χ3v) is 2.62. The number of ether oxygens (including phenoxy) is 1. The Kier molecular flexibility index (Phi) is 2.99. The summed E-state index contributed by atoms with van der Waals surface area (Å²) in [5, 5.41) is 7.10.